The van der Waals surface area contributed by atoms with Crippen LogP contribution >= 0.6 is 0 Å². The van der Waals surface area contributed by atoms with E-state index in [1.54, 1.807) is 0 Å². The van der Waals surface area contributed by atoms with Crippen LogP contribution in [0.25, 0.3) is 5.70 Å². The van der Waals surface area contributed by atoms with E-state index in [2.05, 4.69) is 11.9 Å². The molecule has 1 aromatic carbocycles. The van der Waals surface area contributed by atoms with Gasteiger partial charge in [-0.1, -0.05) is 36.9 Å². The van der Waals surface area contributed by atoms with E-state index in [9.17, 15) is 0 Å². The highest BCUT2D eigenvalue weighted by atomic mass is 16.5. The zero-order chi connectivity index (χ0) is 10.2. The second-order valence-corrected chi connectivity index (χ2v) is 2.97. The predicted molar refractivity (Wildman–Crippen MR) is 60.0 cm³/mol. The molecule has 1 rings (SSSR count). The molecule has 2 nitrogen and oxygen atoms in total. The minimum atomic E-state index is 0.725. The molecule has 0 fully saturated rings. The van der Waals surface area contributed by atoms with Gasteiger partial charge in [0.25, 0.3) is 0 Å². The minimum Gasteiger partial charge on any atom is -0.383 e. The zero-order valence-electron chi connectivity index (χ0n) is 8.62. The molecule has 0 aliphatic carbocycles. The predicted octanol–water partition coefficient (Wildman–Crippen LogP) is 2.28. The van der Waals surface area contributed by atoms with Crippen molar-refractivity contribution in [1.29, 1.82) is 0 Å². The van der Waals surface area contributed by atoms with Crippen molar-refractivity contribution in [2.75, 3.05) is 19.8 Å². The molecule has 0 unspecified atom stereocenters. The SMILES string of the molecule is C=C(NCCOCC)c1ccccc1. The molecule has 0 aromatic heterocycles. The number of hydrogen-bond donors (Lipinski definition) is 1. The standard InChI is InChI=1S/C12H17NO/c1-3-14-10-9-13-11(2)12-7-5-4-6-8-12/h4-8,13H,2-3,9-10H2,1H3. The van der Waals surface area contributed by atoms with Crippen molar-refractivity contribution in [1.82, 2.24) is 5.32 Å². The van der Waals surface area contributed by atoms with Crippen molar-refractivity contribution in [2.45, 2.75) is 6.92 Å². The first kappa shape index (κ1) is 10.8. The first-order chi connectivity index (χ1) is 6.84. The fraction of sp³-hybridized carbons (Fsp3) is 0.333. The van der Waals surface area contributed by atoms with E-state index in [1.165, 1.54) is 0 Å². The topological polar surface area (TPSA) is 21.3 Å². The van der Waals surface area contributed by atoms with Crippen LogP contribution in [-0.2, 0) is 4.74 Å². The summed E-state index contributed by atoms with van der Waals surface area (Å²) in [5.74, 6) is 0. The Morgan fingerprint density at radius 3 is 2.71 bits per heavy atom. The van der Waals surface area contributed by atoms with Crippen molar-refractivity contribution in [3.63, 3.8) is 0 Å². The van der Waals surface area contributed by atoms with Crippen LogP contribution in [0.3, 0.4) is 0 Å². The molecule has 0 amide bonds. The minimum absolute atomic E-state index is 0.725. The highest BCUT2D eigenvalue weighted by Crippen LogP contribution is 2.07. The van der Waals surface area contributed by atoms with Gasteiger partial charge in [0.05, 0.1) is 6.61 Å². The van der Waals surface area contributed by atoms with E-state index in [4.69, 9.17) is 4.74 Å². The van der Waals surface area contributed by atoms with Crippen LogP contribution in [0.1, 0.15) is 12.5 Å². The summed E-state index contributed by atoms with van der Waals surface area (Å²) in [5.41, 5.74) is 2.08. The van der Waals surface area contributed by atoms with Gasteiger partial charge >= 0.3 is 0 Å². The fourth-order valence-corrected chi connectivity index (χ4v) is 1.16. The Kier molecular flexibility index (Phi) is 4.79. The summed E-state index contributed by atoms with van der Waals surface area (Å²) in [6, 6.07) is 10.1. The lowest BCUT2D eigenvalue weighted by Gasteiger charge is -2.09. The van der Waals surface area contributed by atoms with Gasteiger partial charge in [0.1, 0.15) is 0 Å². The molecule has 0 spiro atoms. The molecule has 0 radical (unpaired) electrons. The highest BCUT2D eigenvalue weighted by molar-refractivity contribution is 5.61. The molecule has 0 saturated heterocycles. The lowest BCUT2D eigenvalue weighted by molar-refractivity contribution is 0.152. The number of nitrogens with one attached hydrogen (secondary N) is 1. The summed E-state index contributed by atoms with van der Waals surface area (Å²) >= 11 is 0. The molecule has 0 bridgehead atoms. The highest BCUT2D eigenvalue weighted by Gasteiger charge is 1.95. The molecule has 76 valence electrons. The molecular formula is C12H17NO. The van der Waals surface area contributed by atoms with Crippen LogP contribution in [0.2, 0.25) is 0 Å². The molecule has 0 atom stereocenters. The molecular weight excluding hydrogens is 174 g/mol. The summed E-state index contributed by atoms with van der Waals surface area (Å²) in [6.45, 7) is 8.24. The second kappa shape index (κ2) is 6.22. The first-order valence-electron chi connectivity index (χ1n) is 4.90. The molecule has 0 aliphatic rings. The van der Waals surface area contributed by atoms with Crippen LogP contribution in [0, 0.1) is 0 Å². The Balaban J connectivity index is 2.29. The van der Waals surface area contributed by atoms with E-state index in [0.717, 1.165) is 31.0 Å². The number of benzene rings is 1. The normalized spacial score (nSPS) is 9.79. The molecule has 1 N–H and O–H groups in total. The lowest BCUT2D eigenvalue weighted by atomic mass is 10.2. The fourth-order valence-electron chi connectivity index (χ4n) is 1.16. The van der Waals surface area contributed by atoms with Crippen molar-refractivity contribution >= 4 is 5.70 Å². The van der Waals surface area contributed by atoms with Gasteiger partial charge in [-0.15, -0.1) is 0 Å². The molecule has 14 heavy (non-hydrogen) atoms. The second-order valence-electron chi connectivity index (χ2n) is 2.97. The summed E-state index contributed by atoms with van der Waals surface area (Å²) in [7, 11) is 0. The van der Waals surface area contributed by atoms with Gasteiger partial charge < -0.3 is 10.1 Å². The van der Waals surface area contributed by atoms with Crippen molar-refractivity contribution < 1.29 is 4.74 Å². The van der Waals surface area contributed by atoms with Gasteiger partial charge in [-0.3, -0.25) is 0 Å². The first-order valence-corrected chi connectivity index (χ1v) is 4.90. The third-order valence-electron chi connectivity index (χ3n) is 1.91. The van der Waals surface area contributed by atoms with E-state index in [0.29, 0.717) is 0 Å². The average Bonchev–Trinajstić information content (AvgIpc) is 2.25. The van der Waals surface area contributed by atoms with E-state index >= 15 is 0 Å². The Bertz CT molecular complexity index is 269. The lowest BCUT2D eigenvalue weighted by Crippen LogP contribution is -2.17. The van der Waals surface area contributed by atoms with Gasteiger partial charge in [0, 0.05) is 18.8 Å². The van der Waals surface area contributed by atoms with E-state index < -0.39 is 0 Å². The Labute approximate surface area is 85.6 Å². The summed E-state index contributed by atoms with van der Waals surface area (Å²) in [6.07, 6.45) is 0. The van der Waals surface area contributed by atoms with Crippen molar-refractivity contribution in [2.24, 2.45) is 0 Å². The smallest absolute Gasteiger partial charge is 0.0638 e. The zero-order valence-corrected chi connectivity index (χ0v) is 8.62. The molecule has 0 saturated carbocycles. The summed E-state index contributed by atoms with van der Waals surface area (Å²) in [5, 5.41) is 3.21. The van der Waals surface area contributed by atoms with Crippen LogP contribution in [0.5, 0.6) is 0 Å². The summed E-state index contributed by atoms with van der Waals surface area (Å²) in [4.78, 5) is 0. The Hall–Kier alpha value is -1.28. The van der Waals surface area contributed by atoms with Crippen LogP contribution in [-0.4, -0.2) is 19.8 Å². The van der Waals surface area contributed by atoms with Gasteiger partial charge in [-0.25, -0.2) is 0 Å². The number of hydrogen-bond acceptors (Lipinski definition) is 2. The Morgan fingerprint density at radius 1 is 1.36 bits per heavy atom. The van der Waals surface area contributed by atoms with Gasteiger partial charge in [0.15, 0.2) is 0 Å². The van der Waals surface area contributed by atoms with Gasteiger partial charge in [-0.05, 0) is 12.5 Å². The van der Waals surface area contributed by atoms with E-state index in [1.807, 2.05) is 37.3 Å². The van der Waals surface area contributed by atoms with Crippen LogP contribution < -0.4 is 5.32 Å². The van der Waals surface area contributed by atoms with Gasteiger partial charge in [0.2, 0.25) is 0 Å². The Morgan fingerprint density at radius 2 is 2.07 bits per heavy atom. The maximum Gasteiger partial charge on any atom is 0.0638 e. The van der Waals surface area contributed by atoms with Crippen molar-refractivity contribution in [3.8, 4) is 0 Å². The number of rotatable bonds is 6. The maximum atomic E-state index is 5.22. The van der Waals surface area contributed by atoms with E-state index in [-0.39, 0.29) is 0 Å². The third kappa shape index (κ3) is 3.62. The maximum absolute atomic E-state index is 5.22. The van der Waals surface area contributed by atoms with Crippen LogP contribution in [0.15, 0.2) is 36.9 Å². The number of ether oxygens (including phenoxy) is 1. The quantitative estimate of drug-likeness (QED) is 0.696. The third-order valence-corrected chi connectivity index (χ3v) is 1.91. The summed E-state index contributed by atoms with van der Waals surface area (Å²) < 4.78 is 5.22. The van der Waals surface area contributed by atoms with Crippen molar-refractivity contribution in [3.05, 3.63) is 42.5 Å². The molecule has 2 heteroatoms. The monoisotopic (exact) mass is 191 g/mol. The van der Waals surface area contributed by atoms with Gasteiger partial charge in [-0.2, -0.15) is 0 Å². The van der Waals surface area contributed by atoms with Crippen LogP contribution in [0.4, 0.5) is 0 Å². The molecule has 1 aromatic rings. The largest absolute Gasteiger partial charge is 0.383 e. The molecule has 0 aliphatic heterocycles. The molecule has 0 heterocycles. The average molecular weight is 191 g/mol.